The fraction of sp³-hybridized carbons (Fsp3) is 0.368. The maximum Gasteiger partial charge on any atom is 0.417 e. The average molecular weight is 390 g/mol. The van der Waals surface area contributed by atoms with Gasteiger partial charge in [0.15, 0.2) is 0 Å². The molecular weight excluding hydrogens is 373 g/mol. The van der Waals surface area contributed by atoms with E-state index in [1.165, 1.54) is 18.5 Å². The van der Waals surface area contributed by atoms with Crippen LogP contribution in [0.1, 0.15) is 47.4 Å². The van der Waals surface area contributed by atoms with E-state index in [0.717, 1.165) is 12.1 Å². The molecule has 9 heteroatoms. The molecule has 6 nitrogen and oxygen atoms in total. The summed E-state index contributed by atoms with van der Waals surface area (Å²) in [5.74, 6) is -0.179. The second kappa shape index (κ2) is 8.25. The Morgan fingerprint density at radius 3 is 2.46 bits per heavy atom. The maximum atomic E-state index is 13.0. The van der Waals surface area contributed by atoms with Crippen LogP contribution in [0.4, 0.5) is 13.2 Å². The Hall–Kier alpha value is -3.15. The molecule has 0 saturated heterocycles. The number of hydrogen-bond acceptors (Lipinski definition) is 5. The lowest BCUT2D eigenvalue weighted by molar-refractivity contribution is -0.137. The third-order valence-corrected chi connectivity index (χ3v) is 4.50. The molecule has 1 aromatic heterocycles. The summed E-state index contributed by atoms with van der Waals surface area (Å²) in [7, 11) is 0. The van der Waals surface area contributed by atoms with Crippen LogP contribution in [-0.2, 0) is 6.18 Å². The number of nitriles is 1. The Morgan fingerprint density at radius 1 is 1.18 bits per heavy atom. The summed E-state index contributed by atoms with van der Waals surface area (Å²) in [5.41, 5.74) is -1.44. The predicted molar refractivity (Wildman–Crippen MR) is 92.3 cm³/mol. The number of nitrogens with one attached hydrogen (secondary N) is 1. The van der Waals surface area contributed by atoms with E-state index in [-0.39, 0.29) is 29.6 Å². The number of carbonyl (C=O) groups is 1. The summed E-state index contributed by atoms with van der Waals surface area (Å²) in [5, 5.41) is 11.7. The molecule has 0 atom stereocenters. The largest absolute Gasteiger partial charge is 0.490 e. The van der Waals surface area contributed by atoms with Crippen molar-refractivity contribution in [1.29, 1.82) is 5.26 Å². The molecule has 1 saturated carbocycles. The van der Waals surface area contributed by atoms with E-state index in [0.29, 0.717) is 25.7 Å². The summed E-state index contributed by atoms with van der Waals surface area (Å²) in [6.07, 6.45) is 0.529. The van der Waals surface area contributed by atoms with Crippen molar-refractivity contribution in [3.63, 3.8) is 0 Å². The molecule has 146 valence electrons. The molecule has 3 rings (SSSR count). The molecule has 1 amide bonds. The van der Waals surface area contributed by atoms with Gasteiger partial charge in [0, 0.05) is 18.4 Å². The first-order chi connectivity index (χ1) is 13.4. The van der Waals surface area contributed by atoms with Crippen LogP contribution in [0.25, 0.3) is 0 Å². The van der Waals surface area contributed by atoms with Gasteiger partial charge >= 0.3 is 6.18 Å². The lowest BCUT2D eigenvalue weighted by Crippen LogP contribution is -2.40. The van der Waals surface area contributed by atoms with Crippen LogP contribution in [0.2, 0.25) is 0 Å². The standard InChI is InChI=1S/C19H17F3N4O2/c20-19(21,22)16-10-15(5-2-12(16)11-23)28-14-6-3-13(4-7-14)26-18(27)17-24-8-1-9-25-17/h1-2,5,8-10,13-14H,3-4,6-7H2,(H,26,27)/t13-,14-. The van der Waals surface area contributed by atoms with Crippen molar-refractivity contribution in [2.24, 2.45) is 0 Å². The van der Waals surface area contributed by atoms with E-state index in [4.69, 9.17) is 10.00 Å². The fourth-order valence-corrected chi connectivity index (χ4v) is 3.11. The summed E-state index contributed by atoms with van der Waals surface area (Å²) in [4.78, 5) is 19.9. The van der Waals surface area contributed by atoms with Gasteiger partial charge in [0.25, 0.3) is 5.91 Å². The van der Waals surface area contributed by atoms with Gasteiger partial charge in [-0.1, -0.05) is 0 Å². The van der Waals surface area contributed by atoms with E-state index in [1.807, 2.05) is 0 Å². The molecule has 1 N–H and O–H groups in total. The number of benzene rings is 1. The number of nitrogens with zero attached hydrogens (tertiary/aromatic N) is 3. The normalized spacial score (nSPS) is 19.5. The maximum absolute atomic E-state index is 13.0. The summed E-state index contributed by atoms with van der Waals surface area (Å²) >= 11 is 0. The lowest BCUT2D eigenvalue weighted by Gasteiger charge is -2.29. The highest BCUT2D eigenvalue weighted by Gasteiger charge is 2.34. The second-order valence-corrected chi connectivity index (χ2v) is 6.45. The quantitative estimate of drug-likeness (QED) is 0.864. The Labute approximate surface area is 159 Å². The van der Waals surface area contributed by atoms with E-state index >= 15 is 0 Å². The summed E-state index contributed by atoms with van der Waals surface area (Å²) in [6.45, 7) is 0. The number of alkyl halides is 3. The highest BCUT2D eigenvalue weighted by molar-refractivity contribution is 5.90. The number of hydrogen-bond donors (Lipinski definition) is 1. The molecule has 1 aliphatic carbocycles. The van der Waals surface area contributed by atoms with Crippen molar-refractivity contribution in [2.75, 3.05) is 0 Å². The minimum Gasteiger partial charge on any atom is -0.490 e. The van der Waals surface area contributed by atoms with E-state index in [9.17, 15) is 18.0 Å². The minimum atomic E-state index is -4.62. The Balaban J connectivity index is 1.56. The van der Waals surface area contributed by atoms with Crippen LogP contribution in [0.5, 0.6) is 5.75 Å². The Bertz CT molecular complexity index is 873. The molecule has 0 aliphatic heterocycles. The van der Waals surface area contributed by atoms with Gasteiger partial charge in [-0.05, 0) is 49.9 Å². The van der Waals surface area contributed by atoms with Gasteiger partial charge < -0.3 is 10.1 Å². The fourth-order valence-electron chi connectivity index (χ4n) is 3.11. The highest BCUT2D eigenvalue weighted by Crippen LogP contribution is 2.35. The monoisotopic (exact) mass is 390 g/mol. The van der Waals surface area contributed by atoms with Gasteiger partial charge in [0.05, 0.1) is 23.3 Å². The number of aromatic nitrogens is 2. The van der Waals surface area contributed by atoms with Gasteiger partial charge in [-0.2, -0.15) is 18.4 Å². The summed E-state index contributed by atoms with van der Waals surface area (Å²) < 4.78 is 44.8. The Kier molecular flexibility index (Phi) is 5.78. The summed E-state index contributed by atoms with van der Waals surface area (Å²) in [6, 6.07) is 6.44. The van der Waals surface area contributed by atoms with Crippen molar-refractivity contribution >= 4 is 5.91 Å². The molecule has 0 bridgehead atoms. The second-order valence-electron chi connectivity index (χ2n) is 6.45. The number of ether oxygens (including phenoxy) is 1. The SMILES string of the molecule is N#Cc1ccc(O[C@H]2CC[C@H](NC(=O)c3ncccn3)CC2)cc1C(F)(F)F. The molecular formula is C19H17F3N4O2. The van der Waals surface area contributed by atoms with Crippen molar-refractivity contribution in [3.8, 4) is 11.8 Å². The van der Waals surface area contributed by atoms with Crippen molar-refractivity contribution in [3.05, 3.63) is 53.6 Å². The highest BCUT2D eigenvalue weighted by atomic mass is 19.4. The molecule has 0 unspecified atom stereocenters. The number of amides is 1. The first-order valence-electron chi connectivity index (χ1n) is 8.72. The molecule has 1 heterocycles. The van der Waals surface area contributed by atoms with Crippen LogP contribution in [0.15, 0.2) is 36.7 Å². The van der Waals surface area contributed by atoms with Crippen LogP contribution < -0.4 is 10.1 Å². The molecule has 0 spiro atoms. The topological polar surface area (TPSA) is 87.9 Å². The van der Waals surface area contributed by atoms with Crippen LogP contribution >= 0.6 is 0 Å². The van der Waals surface area contributed by atoms with Crippen LogP contribution in [0, 0.1) is 11.3 Å². The van der Waals surface area contributed by atoms with E-state index in [1.54, 1.807) is 12.1 Å². The molecule has 0 radical (unpaired) electrons. The van der Waals surface area contributed by atoms with Gasteiger partial charge in [-0.25, -0.2) is 9.97 Å². The van der Waals surface area contributed by atoms with Gasteiger partial charge in [0.2, 0.25) is 5.82 Å². The first kappa shape index (κ1) is 19.6. The van der Waals surface area contributed by atoms with Crippen molar-refractivity contribution < 1.29 is 22.7 Å². The third-order valence-electron chi connectivity index (χ3n) is 4.50. The van der Waals surface area contributed by atoms with E-state index in [2.05, 4.69) is 15.3 Å². The van der Waals surface area contributed by atoms with Crippen molar-refractivity contribution in [1.82, 2.24) is 15.3 Å². The van der Waals surface area contributed by atoms with Gasteiger partial charge in [0.1, 0.15) is 5.75 Å². The zero-order chi connectivity index (χ0) is 20.1. The average Bonchev–Trinajstić information content (AvgIpc) is 2.69. The Morgan fingerprint density at radius 2 is 1.86 bits per heavy atom. The third kappa shape index (κ3) is 4.76. The predicted octanol–water partition coefficient (Wildman–Crippen LogP) is 3.49. The van der Waals surface area contributed by atoms with Crippen molar-refractivity contribution in [2.45, 2.75) is 44.0 Å². The zero-order valence-electron chi connectivity index (χ0n) is 14.7. The minimum absolute atomic E-state index is 0.0668. The molecule has 1 aliphatic rings. The number of halogens is 3. The number of rotatable bonds is 4. The molecule has 1 fully saturated rings. The molecule has 28 heavy (non-hydrogen) atoms. The first-order valence-corrected chi connectivity index (χ1v) is 8.72. The number of carbonyl (C=O) groups excluding carboxylic acids is 1. The van der Waals surface area contributed by atoms with E-state index < -0.39 is 17.3 Å². The zero-order valence-corrected chi connectivity index (χ0v) is 14.7. The lowest BCUT2D eigenvalue weighted by atomic mass is 9.93. The molecule has 2 aromatic rings. The smallest absolute Gasteiger partial charge is 0.417 e. The van der Waals surface area contributed by atoms with Gasteiger partial charge in [-0.3, -0.25) is 4.79 Å². The van der Waals surface area contributed by atoms with Gasteiger partial charge in [-0.15, -0.1) is 0 Å². The molecule has 1 aromatic carbocycles. The van der Waals surface area contributed by atoms with Crippen LogP contribution in [-0.4, -0.2) is 28.0 Å². The van der Waals surface area contributed by atoms with Crippen LogP contribution in [0.3, 0.4) is 0 Å².